The summed E-state index contributed by atoms with van der Waals surface area (Å²) in [4.78, 5) is 3.97. The average Bonchev–Trinajstić information content (AvgIpc) is 2.30. The van der Waals surface area contributed by atoms with Crippen LogP contribution in [0.5, 0.6) is 5.75 Å². The number of ether oxygens (including phenoxy) is 1. The molecule has 0 unspecified atom stereocenters. The fourth-order valence-electron chi connectivity index (χ4n) is 1.25. The molecule has 1 aromatic heterocycles. The molecule has 0 aliphatic carbocycles. The number of hydrogen-bond acceptors (Lipinski definition) is 2. The Morgan fingerprint density at radius 2 is 2.00 bits per heavy atom. The van der Waals surface area contributed by atoms with E-state index in [4.69, 9.17) is 4.74 Å². The Kier molecular flexibility index (Phi) is 3.68. The fourth-order valence-corrected chi connectivity index (χ4v) is 1.48. The summed E-state index contributed by atoms with van der Waals surface area (Å²) >= 11 is 3.19. The zero-order valence-electron chi connectivity index (χ0n) is 8.66. The molecule has 0 saturated heterocycles. The van der Waals surface area contributed by atoms with Gasteiger partial charge in [-0.3, -0.25) is 0 Å². The molecule has 0 amide bonds. The summed E-state index contributed by atoms with van der Waals surface area (Å²) in [7, 11) is 0. The minimum absolute atomic E-state index is 0.0371. The number of aromatic nitrogens is 1. The van der Waals surface area contributed by atoms with Crippen LogP contribution in [-0.2, 0) is 6.61 Å². The summed E-state index contributed by atoms with van der Waals surface area (Å²) in [5, 5.41) is 0. The van der Waals surface area contributed by atoms with Gasteiger partial charge in [-0.05, 0) is 40.2 Å². The van der Waals surface area contributed by atoms with Crippen LogP contribution in [0.25, 0.3) is 0 Å². The molecule has 0 saturated carbocycles. The maximum absolute atomic E-state index is 13.3. The van der Waals surface area contributed by atoms with Crippen LogP contribution in [0.2, 0.25) is 0 Å². The molecule has 0 radical (unpaired) electrons. The van der Waals surface area contributed by atoms with E-state index in [9.17, 15) is 8.78 Å². The first-order valence-electron chi connectivity index (χ1n) is 4.83. The van der Waals surface area contributed by atoms with Crippen LogP contribution in [0.15, 0.2) is 41.1 Å². The third-order valence-corrected chi connectivity index (χ3v) is 2.58. The standard InChI is InChI=1S/C12H8BrF2NO/c13-12-4-3-10(6-16-12)17-7-8-1-2-9(14)5-11(8)15/h1-6H,7H2. The van der Waals surface area contributed by atoms with Crippen LogP contribution in [0, 0.1) is 11.6 Å². The number of hydrogen-bond donors (Lipinski definition) is 0. The molecule has 0 aliphatic heterocycles. The molecule has 0 fully saturated rings. The van der Waals surface area contributed by atoms with Crippen molar-refractivity contribution < 1.29 is 13.5 Å². The highest BCUT2D eigenvalue weighted by Crippen LogP contribution is 2.16. The quantitative estimate of drug-likeness (QED) is 0.806. The summed E-state index contributed by atoms with van der Waals surface area (Å²) in [6.45, 7) is 0.0371. The van der Waals surface area contributed by atoms with Gasteiger partial charge in [0.05, 0.1) is 6.20 Å². The van der Waals surface area contributed by atoms with Crippen molar-refractivity contribution >= 4 is 15.9 Å². The second kappa shape index (κ2) is 5.23. The highest BCUT2D eigenvalue weighted by Gasteiger charge is 2.04. The third-order valence-electron chi connectivity index (χ3n) is 2.11. The van der Waals surface area contributed by atoms with E-state index in [-0.39, 0.29) is 6.61 Å². The zero-order valence-corrected chi connectivity index (χ0v) is 10.2. The maximum atomic E-state index is 13.3. The lowest BCUT2D eigenvalue weighted by Crippen LogP contribution is -1.99. The number of rotatable bonds is 3. The molecule has 2 rings (SSSR count). The largest absolute Gasteiger partial charge is 0.487 e. The number of benzene rings is 1. The Hall–Kier alpha value is -1.49. The molecule has 17 heavy (non-hydrogen) atoms. The molecule has 2 aromatic rings. The van der Waals surface area contributed by atoms with Gasteiger partial charge in [0.2, 0.25) is 0 Å². The van der Waals surface area contributed by atoms with Gasteiger partial charge >= 0.3 is 0 Å². The topological polar surface area (TPSA) is 22.1 Å². The van der Waals surface area contributed by atoms with E-state index in [0.717, 1.165) is 6.07 Å². The molecule has 0 bridgehead atoms. The molecule has 0 atom stereocenters. The number of pyridine rings is 1. The molecule has 0 spiro atoms. The molecule has 1 heterocycles. The van der Waals surface area contributed by atoms with Crippen LogP contribution < -0.4 is 4.74 Å². The van der Waals surface area contributed by atoms with Crippen molar-refractivity contribution in [3.05, 3.63) is 58.3 Å². The van der Waals surface area contributed by atoms with Crippen LogP contribution in [0.3, 0.4) is 0 Å². The molecule has 0 aliphatic rings. The lowest BCUT2D eigenvalue weighted by molar-refractivity contribution is 0.298. The van der Waals surface area contributed by atoms with E-state index in [1.54, 1.807) is 12.1 Å². The SMILES string of the molecule is Fc1ccc(COc2ccc(Br)nc2)c(F)c1. The summed E-state index contributed by atoms with van der Waals surface area (Å²) < 4.78 is 31.9. The Morgan fingerprint density at radius 1 is 1.18 bits per heavy atom. The van der Waals surface area contributed by atoms with E-state index in [2.05, 4.69) is 20.9 Å². The molecule has 88 valence electrons. The molecule has 2 nitrogen and oxygen atoms in total. The number of halogens is 3. The first-order chi connectivity index (χ1) is 8.15. The minimum atomic E-state index is -0.616. The second-order valence-corrected chi connectivity index (χ2v) is 4.15. The fraction of sp³-hybridized carbons (Fsp3) is 0.0833. The van der Waals surface area contributed by atoms with Crippen molar-refractivity contribution in [1.29, 1.82) is 0 Å². The van der Waals surface area contributed by atoms with Crippen molar-refractivity contribution in [2.45, 2.75) is 6.61 Å². The van der Waals surface area contributed by atoms with Crippen molar-refractivity contribution in [2.75, 3.05) is 0 Å². The monoisotopic (exact) mass is 299 g/mol. The van der Waals surface area contributed by atoms with Gasteiger partial charge in [-0.25, -0.2) is 13.8 Å². The van der Waals surface area contributed by atoms with Gasteiger partial charge in [-0.2, -0.15) is 0 Å². The van der Waals surface area contributed by atoms with Crippen LogP contribution in [0.1, 0.15) is 5.56 Å². The maximum Gasteiger partial charge on any atom is 0.138 e. The Balaban J connectivity index is 2.04. The number of nitrogens with zero attached hydrogens (tertiary/aromatic N) is 1. The molecular weight excluding hydrogens is 292 g/mol. The van der Waals surface area contributed by atoms with Gasteiger partial charge in [0, 0.05) is 11.6 Å². The first-order valence-corrected chi connectivity index (χ1v) is 5.63. The highest BCUT2D eigenvalue weighted by atomic mass is 79.9. The molecular formula is C12H8BrF2NO. The van der Waals surface area contributed by atoms with E-state index >= 15 is 0 Å². The minimum Gasteiger partial charge on any atom is -0.487 e. The van der Waals surface area contributed by atoms with Gasteiger partial charge in [0.1, 0.15) is 28.6 Å². The summed E-state index contributed by atoms with van der Waals surface area (Å²) in [5.74, 6) is -0.691. The summed E-state index contributed by atoms with van der Waals surface area (Å²) in [6, 6.07) is 6.81. The van der Waals surface area contributed by atoms with E-state index in [1.165, 1.54) is 18.3 Å². The van der Waals surface area contributed by atoms with Gasteiger partial charge in [0.15, 0.2) is 0 Å². The first kappa shape index (κ1) is 12.0. The summed E-state index contributed by atoms with van der Waals surface area (Å²) in [6.07, 6.45) is 1.52. The van der Waals surface area contributed by atoms with Crippen LogP contribution >= 0.6 is 15.9 Å². The van der Waals surface area contributed by atoms with Crippen molar-refractivity contribution in [3.63, 3.8) is 0 Å². The zero-order chi connectivity index (χ0) is 12.3. The lowest BCUT2D eigenvalue weighted by atomic mass is 10.2. The average molecular weight is 300 g/mol. The van der Waals surface area contributed by atoms with Gasteiger partial charge in [0.25, 0.3) is 0 Å². The van der Waals surface area contributed by atoms with Gasteiger partial charge in [-0.1, -0.05) is 0 Å². The lowest BCUT2D eigenvalue weighted by Gasteiger charge is -2.06. The Morgan fingerprint density at radius 3 is 2.65 bits per heavy atom. The van der Waals surface area contributed by atoms with Crippen LogP contribution in [0.4, 0.5) is 8.78 Å². The molecule has 1 aromatic carbocycles. The van der Waals surface area contributed by atoms with E-state index in [1.807, 2.05) is 0 Å². The molecule has 0 N–H and O–H groups in total. The van der Waals surface area contributed by atoms with Crippen molar-refractivity contribution in [3.8, 4) is 5.75 Å². The normalized spacial score (nSPS) is 10.3. The van der Waals surface area contributed by atoms with Gasteiger partial charge < -0.3 is 4.74 Å². The molecule has 5 heteroatoms. The van der Waals surface area contributed by atoms with Crippen molar-refractivity contribution in [2.24, 2.45) is 0 Å². The highest BCUT2D eigenvalue weighted by molar-refractivity contribution is 9.10. The predicted molar refractivity (Wildman–Crippen MR) is 62.6 cm³/mol. The van der Waals surface area contributed by atoms with Crippen molar-refractivity contribution in [1.82, 2.24) is 4.98 Å². The Labute approximate surface area is 105 Å². The van der Waals surface area contributed by atoms with Gasteiger partial charge in [-0.15, -0.1) is 0 Å². The smallest absolute Gasteiger partial charge is 0.138 e. The third kappa shape index (κ3) is 3.23. The Bertz CT molecular complexity index is 516. The van der Waals surface area contributed by atoms with Crippen LogP contribution in [-0.4, -0.2) is 4.98 Å². The van der Waals surface area contributed by atoms with E-state index in [0.29, 0.717) is 15.9 Å². The second-order valence-electron chi connectivity index (χ2n) is 3.34. The van der Waals surface area contributed by atoms with E-state index < -0.39 is 11.6 Å². The summed E-state index contributed by atoms with van der Waals surface area (Å²) in [5.41, 5.74) is 0.300. The predicted octanol–water partition coefficient (Wildman–Crippen LogP) is 3.70.